The summed E-state index contributed by atoms with van der Waals surface area (Å²) < 4.78 is 0. The van der Waals surface area contributed by atoms with Gasteiger partial charge >= 0.3 is 0 Å². The fourth-order valence-corrected chi connectivity index (χ4v) is 1.90. The topological polar surface area (TPSA) is 0 Å². The van der Waals surface area contributed by atoms with E-state index in [2.05, 4.69) is 82.3 Å². The molecule has 3 rings (SSSR count). The molecule has 0 radical (unpaired) electrons. The Morgan fingerprint density at radius 3 is 1.36 bits per heavy atom. The third kappa shape index (κ3) is 6.40. The Balaban J connectivity index is 0.000000420. The van der Waals surface area contributed by atoms with Gasteiger partial charge in [0, 0.05) is 21.1 Å². The molecular formula is C21H27Pt-3. The van der Waals surface area contributed by atoms with Crippen LogP contribution in [0.15, 0.2) is 54.6 Å². The molecule has 0 unspecified atom stereocenters. The molecule has 0 amide bonds. The van der Waals surface area contributed by atoms with E-state index < -0.39 is 0 Å². The molecular weight excluding hydrogens is 447 g/mol. The van der Waals surface area contributed by atoms with Crippen molar-refractivity contribution in [3.05, 3.63) is 68.4 Å². The van der Waals surface area contributed by atoms with Crippen molar-refractivity contribution in [1.29, 1.82) is 0 Å². The predicted molar refractivity (Wildman–Crippen MR) is 97.6 cm³/mol. The van der Waals surface area contributed by atoms with Crippen LogP contribution in [0.3, 0.4) is 0 Å². The molecule has 0 bridgehead atoms. The van der Waals surface area contributed by atoms with Gasteiger partial charge in [0.2, 0.25) is 0 Å². The Morgan fingerprint density at radius 2 is 1.05 bits per heavy atom. The van der Waals surface area contributed by atoms with Crippen molar-refractivity contribution in [3.8, 4) is 0 Å². The maximum Gasteiger partial charge on any atom is 0 e. The van der Waals surface area contributed by atoms with E-state index in [4.69, 9.17) is 0 Å². The molecule has 3 aromatic rings. The van der Waals surface area contributed by atoms with Gasteiger partial charge in [-0.3, -0.25) is 0 Å². The Bertz CT molecular complexity index is 563. The summed E-state index contributed by atoms with van der Waals surface area (Å²) in [5.41, 5.74) is 0. The molecule has 0 saturated carbocycles. The average molecular weight is 475 g/mol. The standard InChI is InChI=1S/C13H9.2C4H9.Pt/c1-3-7-12-10(5-1)9-11-6-2-4-8-13(11)12;2*1-3-4-2;/h1-9H;2*1,3-4H2,2H3;/q3*-1;. The summed E-state index contributed by atoms with van der Waals surface area (Å²) in [5.74, 6) is 0. The summed E-state index contributed by atoms with van der Waals surface area (Å²) in [6.45, 7) is 11.4. The van der Waals surface area contributed by atoms with Crippen molar-refractivity contribution in [2.45, 2.75) is 39.5 Å². The second-order valence-corrected chi connectivity index (χ2v) is 5.03. The van der Waals surface area contributed by atoms with Gasteiger partial charge in [-0.2, -0.15) is 12.8 Å². The van der Waals surface area contributed by atoms with Crippen LogP contribution in [-0.4, -0.2) is 0 Å². The molecule has 0 atom stereocenters. The van der Waals surface area contributed by atoms with Crippen LogP contribution in [0.1, 0.15) is 39.5 Å². The fourth-order valence-electron chi connectivity index (χ4n) is 1.90. The predicted octanol–water partition coefficient (Wildman–Crippen LogP) is 6.95. The van der Waals surface area contributed by atoms with Crippen LogP contribution in [0.4, 0.5) is 0 Å². The number of hydrogen-bond acceptors (Lipinski definition) is 0. The first-order valence-corrected chi connectivity index (χ1v) is 7.90. The summed E-state index contributed by atoms with van der Waals surface area (Å²) in [5, 5.41) is 5.39. The van der Waals surface area contributed by atoms with Crippen LogP contribution >= 0.6 is 0 Å². The van der Waals surface area contributed by atoms with E-state index in [1.807, 2.05) is 0 Å². The molecule has 0 aromatic heterocycles. The van der Waals surface area contributed by atoms with Crippen LogP contribution in [0, 0.1) is 13.8 Å². The molecule has 124 valence electrons. The maximum atomic E-state index is 3.60. The zero-order valence-corrected chi connectivity index (χ0v) is 16.0. The monoisotopic (exact) mass is 474 g/mol. The van der Waals surface area contributed by atoms with Gasteiger partial charge in [-0.15, -0.1) is 39.7 Å². The zero-order chi connectivity index (χ0) is 15.5. The van der Waals surface area contributed by atoms with E-state index in [1.165, 1.54) is 34.4 Å². The quantitative estimate of drug-likeness (QED) is 0.353. The fraction of sp³-hybridized carbons (Fsp3) is 0.286. The van der Waals surface area contributed by atoms with Crippen molar-refractivity contribution in [2.24, 2.45) is 0 Å². The molecule has 22 heavy (non-hydrogen) atoms. The zero-order valence-electron chi connectivity index (χ0n) is 13.8. The van der Waals surface area contributed by atoms with Crippen molar-refractivity contribution in [3.63, 3.8) is 0 Å². The van der Waals surface area contributed by atoms with Gasteiger partial charge in [0.15, 0.2) is 0 Å². The van der Waals surface area contributed by atoms with Crippen LogP contribution in [0.5, 0.6) is 0 Å². The van der Waals surface area contributed by atoms with E-state index in [-0.39, 0.29) is 21.1 Å². The first-order valence-electron chi connectivity index (χ1n) is 7.90. The molecule has 0 saturated heterocycles. The minimum Gasteiger partial charge on any atom is -0.343 e. The summed E-state index contributed by atoms with van der Waals surface area (Å²) in [4.78, 5) is 0. The van der Waals surface area contributed by atoms with Gasteiger partial charge in [-0.25, -0.2) is 0 Å². The smallest absolute Gasteiger partial charge is 0 e. The molecule has 1 heteroatoms. The van der Waals surface area contributed by atoms with Crippen LogP contribution < -0.4 is 0 Å². The molecule has 0 fully saturated rings. The van der Waals surface area contributed by atoms with E-state index in [9.17, 15) is 0 Å². The minimum absolute atomic E-state index is 0. The molecule has 0 N–H and O–H groups in total. The van der Waals surface area contributed by atoms with Crippen molar-refractivity contribution < 1.29 is 21.1 Å². The third-order valence-electron chi connectivity index (χ3n) is 3.23. The third-order valence-corrected chi connectivity index (χ3v) is 3.23. The normalized spacial score (nSPS) is 9.27. The molecule has 0 aliphatic carbocycles. The van der Waals surface area contributed by atoms with E-state index in [0.717, 1.165) is 12.8 Å². The van der Waals surface area contributed by atoms with Crippen LogP contribution in [0.25, 0.3) is 21.5 Å². The van der Waals surface area contributed by atoms with E-state index >= 15 is 0 Å². The first-order chi connectivity index (χ1) is 10.3. The Labute approximate surface area is 150 Å². The van der Waals surface area contributed by atoms with Gasteiger partial charge in [0.1, 0.15) is 0 Å². The molecule has 0 nitrogen and oxygen atoms in total. The molecule has 3 aromatic carbocycles. The van der Waals surface area contributed by atoms with Gasteiger partial charge in [0.05, 0.1) is 0 Å². The van der Waals surface area contributed by atoms with Gasteiger partial charge in [0.25, 0.3) is 0 Å². The number of hydrogen-bond donors (Lipinski definition) is 0. The summed E-state index contributed by atoms with van der Waals surface area (Å²) >= 11 is 0. The molecule has 0 spiro atoms. The van der Waals surface area contributed by atoms with Gasteiger partial charge < -0.3 is 13.8 Å². The number of benzene rings is 2. The Kier molecular flexibility index (Phi) is 12.0. The largest absolute Gasteiger partial charge is 0.343 e. The number of fused-ring (bicyclic) bond motifs is 3. The number of unbranched alkanes of at least 4 members (excludes halogenated alkanes) is 2. The van der Waals surface area contributed by atoms with Gasteiger partial charge in [-0.05, 0) is 0 Å². The molecule has 0 aliphatic rings. The summed E-state index contributed by atoms with van der Waals surface area (Å²) in [7, 11) is 0. The SMILES string of the molecule is [CH2-]CCC.[CH2-]CCC.[Pt].c1ccc2c(c1)[cH-]c1ccccc12. The van der Waals surface area contributed by atoms with Crippen molar-refractivity contribution in [2.75, 3.05) is 0 Å². The molecule has 0 aliphatic heterocycles. The second kappa shape index (κ2) is 12.5. The average Bonchev–Trinajstić information content (AvgIpc) is 2.94. The maximum absolute atomic E-state index is 3.60. The van der Waals surface area contributed by atoms with Gasteiger partial charge in [-0.1, -0.05) is 63.1 Å². The summed E-state index contributed by atoms with van der Waals surface area (Å²) in [6.07, 6.45) is 4.56. The van der Waals surface area contributed by atoms with E-state index in [1.54, 1.807) is 0 Å². The van der Waals surface area contributed by atoms with Crippen LogP contribution in [0.2, 0.25) is 0 Å². The Hall–Kier alpha value is -1.00. The second-order valence-electron chi connectivity index (χ2n) is 5.03. The van der Waals surface area contributed by atoms with Crippen molar-refractivity contribution in [1.82, 2.24) is 0 Å². The van der Waals surface area contributed by atoms with Crippen LogP contribution in [-0.2, 0) is 21.1 Å². The van der Waals surface area contributed by atoms with Crippen molar-refractivity contribution >= 4 is 21.5 Å². The first kappa shape index (κ1) is 21.0. The van der Waals surface area contributed by atoms with E-state index in [0.29, 0.717) is 0 Å². The molecule has 0 heterocycles. The summed E-state index contributed by atoms with van der Waals surface area (Å²) in [6, 6.07) is 19.3. The number of rotatable bonds is 2. The minimum atomic E-state index is 0. The Morgan fingerprint density at radius 1 is 0.727 bits per heavy atom.